The third-order valence-corrected chi connectivity index (χ3v) is 33.6. The predicted octanol–water partition coefficient (Wildman–Crippen LogP) is -13.2. The first-order chi connectivity index (χ1) is 57.5. The van der Waals surface area contributed by atoms with E-state index in [-0.39, 0.29) is 106 Å². The van der Waals surface area contributed by atoms with Gasteiger partial charge in [0.2, 0.25) is 47.7 Å². The van der Waals surface area contributed by atoms with Crippen LogP contribution in [0.2, 0.25) is 0 Å². The fourth-order valence-electron chi connectivity index (χ4n) is 11.8. The Hall–Kier alpha value is -1.39. The van der Waals surface area contributed by atoms with Gasteiger partial charge in [-0.05, 0) is 149 Å². The van der Waals surface area contributed by atoms with Gasteiger partial charge in [0.25, 0.3) is 8.02 Å². The molecule has 1 heterocycles. The van der Waals surface area contributed by atoms with E-state index >= 15 is 0 Å². The van der Waals surface area contributed by atoms with Gasteiger partial charge >= 0.3 is 15.7 Å². The standard InChI is InChI=1S/C60H96N9O42P15/c70-112(71,72)37-64(38-113(73,74)75)31-25-49-1-13-55(14-2-49)106-124(107-56-15-3-50(4-16-56)26-32-65(39-114(76,77)78)40-115(79,80)81)61-125(108-57-17-5-51(6-18-57)27-33-66(41-116(82,83)84)42-117(85,86)87,109-58-19-7-52(8-20-58)28-34-67(43-118(88,89)90)44-119(91,92)93)63-126(62-124,110-59-21-9-53(10-22-59)29-35-68(45-120(94,95)96)46-121(97,98)99)111-60-23-11-54(12-24-60)30-36-69(47-122(100,101)102)48-123(103,104)105/h1-24H,25-48H2,(H2,70,71,72)(H2,73,74,75)(H2,76,77,78)(H2,79,80,81)(H2,82,83,84)(H2,85,86,87)(H2,88,89,90)(H2,91,92,93)(H2,94,95,96)(H2,97,98,99)(H2,100,101,102)(H2,103,104,105)/p-12. The van der Waals surface area contributed by atoms with Crippen molar-refractivity contribution in [2.75, 3.05) is 115 Å². The van der Waals surface area contributed by atoms with Crippen LogP contribution in [-0.2, 0) is 38.5 Å². The first-order valence-electron chi connectivity index (χ1n) is 35.8. The van der Waals surface area contributed by atoms with E-state index in [1.165, 1.54) is 146 Å². The Bertz CT molecular complexity index is 4010. The number of nitrogens with zero attached hydrogens (tertiary/aromatic N) is 9. The molecule has 0 aromatic heterocycles. The van der Waals surface area contributed by atoms with Gasteiger partial charge < -0.3 is 140 Å². The second kappa shape index (κ2) is 46.6. The minimum Gasteiger partial charge on any atom is -0.687 e. The fraction of sp³-hybridized carbons (Fsp3) is 0.400. The van der Waals surface area contributed by atoms with E-state index in [0.29, 0.717) is 14.7 Å². The molecule has 0 bridgehead atoms. The minimum absolute atomic E-state index is 0.200. The molecule has 0 fully saturated rings. The molecule has 51 nitrogen and oxygen atoms in total. The van der Waals surface area contributed by atoms with Crippen molar-refractivity contribution in [2.45, 2.75) is 38.5 Å². The third kappa shape index (κ3) is 46.9. The third-order valence-electron chi connectivity index (χ3n) is 16.4. The van der Waals surface area contributed by atoms with Crippen LogP contribution in [0.15, 0.2) is 150 Å². The summed E-state index contributed by atoms with van der Waals surface area (Å²) in [7, 11) is -78.9. The number of hydrogen-bond acceptors (Lipinski definition) is 49. The number of hydrogen-bond donors (Lipinski definition) is 12. The maximum Gasteiger partial charge on any atom is 0.456 e. The van der Waals surface area contributed by atoms with Crippen LogP contribution in [0.4, 0.5) is 0 Å². The molecule has 7 rings (SSSR count). The van der Waals surface area contributed by atoms with Crippen molar-refractivity contribution >= 4 is 119 Å². The second-order valence-corrected chi connectivity index (χ2v) is 53.3. The van der Waals surface area contributed by atoms with Crippen molar-refractivity contribution in [3.05, 3.63) is 189 Å². The van der Waals surface area contributed by atoms with E-state index in [1.807, 2.05) is 0 Å². The highest BCUT2D eigenvalue weighted by Crippen LogP contribution is 2.96. The molecular weight excluding hydrogens is 1980 g/mol. The van der Waals surface area contributed by atoms with Crippen molar-refractivity contribution in [1.29, 1.82) is 0 Å². The summed E-state index contributed by atoms with van der Waals surface area (Å²) < 4.78 is 46.6. The van der Waals surface area contributed by atoms with Crippen molar-refractivity contribution < 1.29 is 203 Å². The Morgan fingerprint density at radius 1 is 0.246 bits per heavy atom. The van der Waals surface area contributed by atoms with Crippen molar-refractivity contribution in [3.8, 4) is 34.5 Å². The van der Waals surface area contributed by atoms with E-state index in [0.717, 1.165) is 14.7 Å². The van der Waals surface area contributed by atoms with Gasteiger partial charge in [-0.15, -0.1) is 47.7 Å². The molecule has 66 heteroatoms. The molecule has 1 aliphatic heterocycles. The largest absolute Gasteiger partial charge is 0.687 e. The molecule has 0 amide bonds. The van der Waals surface area contributed by atoms with Crippen molar-refractivity contribution in [2.24, 2.45) is 4.52 Å². The normalized spacial score (nSPS) is 16.2. The Balaban J connectivity index is 1.54. The van der Waals surface area contributed by atoms with Crippen LogP contribution in [0, 0.1) is 0 Å². The maximum atomic E-state index is 12.2. The zero-order valence-electron chi connectivity index (χ0n) is 65.2. The molecule has 0 radical (unpaired) electrons. The van der Waals surface area contributed by atoms with Crippen LogP contribution < -0.4 is 145 Å². The van der Waals surface area contributed by atoms with Gasteiger partial charge in [-0.2, -0.15) is 4.86 Å². The molecule has 12 N–H and O–H groups in total. The summed E-state index contributed by atoms with van der Waals surface area (Å²) in [5, 5.41) is 0. The van der Waals surface area contributed by atoms with Crippen LogP contribution in [0.25, 0.3) is 9.72 Å². The topological polar surface area (TPSA) is 912 Å². The van der Waals surface area contributed by atoms with Gasteiger partial charge in [0.1, 0.15) is 11.5 Å². The zero-order valence-corrected chi connectivity index (χ0v) is 78.6. The molecule has 6 aromatic carbocycles. The van der Waals surface area contributed by atoms with E-state index in [1.54, 1.807) is 0 Å². The smallest absolute Gasteiger partial charge is 0.456 e. The van der Waals surface area contributed by atoms with Crippen molar-refractivity contribution in [1.82, 2.24) is 29.4 Å². The molecule has 6 aromatic rings. The molecule has 0 saturated heterocycles. The lowest BCUT2D eigenvalue weighted by atomic mass is 10.1. The zero-order chi connectivity index (χ0) is 94.2. The Labute approximate surface area is 728 Å². The van der Waals surface area contributed by atoms with Crippen LogP contribution in [0.5, 0.6) is 34.5 Å². The molecule has 0 saturated carbocycles. The lowest BCUT2D eigenvalue weighted by molar-refractivity contribution is -0.436. The average Bonchev–Trinajstić information content (AvgIpc) is 0.727. The van der Waals surface area contributed by atoms with E-state index in [4.69, 9.17) is 41.4 Å². The molecule has 0 aliphatic carbocycles. The van der Waals surface area contributed by atoms with Crippen LogP contribution in [-0.4, -0.2) is 203 Å². The minimum atomic E-state index is -5.53. The summed E-state index contributed by atoms with van der Waals surface area (Å²) in [6.07, 6.45) is -16.7. The van der Waals surface area contributed by atoms with Crippen LogP contribution >= 0.6 is 119 Å². The van der Waals surface area contributed by atoms with E-state index in [2.05, 4.69) is 0 Å². The molecule has 1 atom stereocenters. The van der Waals surface area contributed by atoms with Crippen LogP contribution in [0.1, 0.15) is 33.4 Å². The Morgan fingerprint density at radius 3 is 0.587 bits per heavy atom. The van der Waals surface area contributed by atoms with Gasteiger partial charge in [-0.3, -0.25) is 9.05 Å². The summed E-state index contributed by atoms with van der Waals surface area (Å²) in [5.74, 6) is -2.01. The quantitative estimate of drug-likeness (QED) is 0.0158. The van der Waals surface area contributed by atoms with E-state index in [9.17, 15) is 176 Å². The number of benzene rings is 6. The highest BCUT2D eigenvalue weighted by atomic mass is 31.3. The summed E-state index contributed by atoms with van der Waals surface area (Å²) in [6.45, 7) is -2.92. The maximum absolute atomic E-state index is 12.2. The van der Waals surface area contributed by atoms with Gasteiger partial charge in [-0.25, -0.2) is 88.1 Å². The average molecular weight is 2070 g/mol. The summed E-state index contributed by atoms with van der Waals surface area (Å²) in [6, 6.07) is 30.4. The highest BCUT2D eigenvalue weighted by molar-refractivity contribution is 7.99. The molecule has 708 valence electrons. The van der Waals surface area contributed by atoms with E-state index < -0.39 is 234 Å². The Morgan fingerprint density at radius 2 is 0.413 bits per heavy atom. The summed E-state index contributed by atoms with van der Waals surface area (Å²) in [4.78, 5) is 420. The first kappa shape index (κ1) is 112. The monoisotopic (exact) mass is 2070 g/mol. The van der Waals surface area contributed by atoms with Gasteiger partial charge in [0, 0.05) is 39.3 Å². The first-order valence-corrected chi connectivity index (χ1v) is 61.6. The molecule has 1 unspecified atom stereocenters. The Kier molecular flexibility index (Phi) is 41.3. The van der Waals surface area contributed by atoms with Gasteiger partial charge in [-0.1, -0.05) is 72.8 Å². The van der Waals surface area contributed by atoms with Crippen molar-refractivity contribution in [3.63, 3.8) is 0 Å². The van der Waals surface area contributed by atoms with Gasteiger partial charge in [0.05, 0.1) is 37.7 Å². The molecule has 0 spiro atoms. The second-order valence-electron chi connectivity index (χ2n) is 28.4. The predicted molar refractivity (Wildman–Crippen MR) is 423 cm³/mol. The highest BCUT2D eigenvalue weighted by Gasteiger charge is 2.58. The molecule has 126 heavy (non-hydrogen) atoms. The molecular formula is C60H84N9O42P15-12. The summed E-state index contributed by atoms with van der Waals surface area (Å²) >= 11 is 0. The fourth-order valence-corrected chi connectivity index (χ4v) is 30.7. The van der Waals surface area contributed by atoms with Gasteiger partial charge in [0.15, 0.2) is 60.7 Å². The molecule has 1 aliphatic rings. The lowest BCUT2D eigenvalue weighted by Gasteiger charge is -2.49. The lowest BCUT2D eigenvalue weighted by Crippen LogP contribution is -2.47. The number of rotatable bonds is 54. The summed E-state index contributed by atoms with van der Waals surface area (Å²) in [5.41, 5.74) is 1.42. The van der Waals surface area contributed by atoms with Crippen LogP contribution in [0.3, 0.4) is 0 Å². The SMILES string of the molecule is [O-][P+]([O-])([O-])CN(CCc1ccc(OP2(Oc3ccc(CCN(C[P+]([O-])(O)O)C[P+]([O-])(O)O)cc3)=N[P+](Oc3ccc(CCN(C[P+]([O-])(O)O)C[P+]([O-])(O)O)cc3)(Oc3ccc(CCN(C[P+]([O-])(O)O)C[P+]([O-])(O)O)cc3)[N-][P+](Oc3ccc(CCN(C[P+]([O-])([O-])[O-])C[P+]([O-])([O-])[O-])cc3)(Oc3ccc(CCN(C[P+]([O-])([O-])[O-])C[P+]([O-])([O-])[O-])cc3)[N-]2)cc1)C[P+]([O-])([O-])[O-].